The predicted molar refractivity (Wildman–Crippen MR) is 129 cm³/mol. The lowest BCUT2D eigenvalue weighted by molar-refractivity contribution is -0.119. The minimum atomic E-state index is -0.491. The number of aromatic nitrogens is 2. The fourth-order valence-corrected chi connectivity index (χ4v) is 4.43. The van der Waals surface area contributed by atoms with Crippen LogP contribution in [0.4, 0.5) is 11.5 Å². The van der Waals surface area contributed by atoms with Crippen molar-refractivity contribution in [3.05, 3.63) is 72.4 Å². The zero-order chi connectivity index (χ0) is 23.2. The van der Waals surface area contributed by atoms with Crippen molar-refractivity contribution in [2.75, 3.05) is 11.5 Å². The largest absolute Gasteiger partial charge is 0.462 e. The lowest BCUT2D eigenvalue weighted by Crippen LogP contribution is -2.30. The lowest BCUT2D eigenvalue weighted by atomic mass is 9.81. The monoisotopic (exact) mass is 445 g/mol. The van der Waals surface area contributed by atoms with E-state index in [4.69, 9.17) is 9.84 Å². The van der Waals surface area contributed by atoms with Crippen molar-refractivity contribution in [2.24, 2.45) is 11.8 Å². The number of esters is 1. The van der Waals surface area contributed by atoms with E-state index in [1.807, 2.05) is 60.7 Å². The van der Waals surface area contributed by atoms with Crippen molar-refractivity contribution < 1.29 is 14.3 Å². The third-order valence-electron chi connectivity index (χ3n) is 6.29. The third kappa shape index (κ3) is 5.33. The van der Waals surface area contributed by atoms with Gasteiger partial charge in [-0.25, -0.2) is 9.48 Å². The molecule has 0 spiro atoms. The molecule has 3 aromatic rings. The highest BCUT2D eigenvalue weighted by atomic mass is 16.5. The first-order valence-corrected chi connectivity index (χ1v) is 11.8. The Morgan fingerprint density at radius 1 is 1.00 bits per heavy atom. The van der Waals surface area contributed by atoms with Crippen LogP contribution in [0.15, 0.2) is 66.9 Å². The molecular weight excluding hydrogens is 414 g/mol. The second-order valence-corrected chi connectivity index (χ2v) is 8.76. The number of rotatable bonds is 7. The molecule has 1 aliphatic carbocycles. The summed E-state index contributed by atoms with van der Waals surface area (Å²) in [6.45, 7) is 4.29. The van der Waals surface area contributed by atoms with Crippen molar-refractivity contribution in [1.82, 2.24) is 9.78 Å². The Bertz CT molecular complexity index is 1070. The Balaban J connectivity index is 1.75. The second-order valence-electron chi connectivity index (χ2n) is 8.76. The molecule has 0 saturated heterocycles. The van der Waals surface area contributed by atoms with Crippen LogP contribution in [0, 0.1) is 11.8 Å². The molecular formula is C27H31N3O3. The first-order chi connectivity index (χ1) is 16.1. The highest BCUT2D eigenvalue weighted by Gasteiger charge is 2.30. The van der Waals surface area contributed by atoms with Crippen molar-refractivity contribution in [3.63, 3.8) is 0 Å². The average Bonchev–Trinajstić information content (AvgIpc) is 3.27. The third-order valence-corrected chi connectivity index (χ3v) is 6.29. The molecule has 1 aromatic heterocycles. The van der Waals surface area contributed by atoms with Gasteiger partial charge in [-0.15, -0.1) is 5.10 Å². The summed E-state index contributed by atoms with van der Waals surface area (Å²) >= 11 is 0. The van der Waals surface area contributed by atoms with Gasteiger partial charge in [0.15, 0.2) is 5.82 Å². The number of carbonyl (C=O) groups excluding carboxylic acids is 2. The number of anilines is 2. The topological polar surface area (TPSA) is 64.4 Å². The minimum absolute atomic E-state index is 0.0513. The van der Waals surface area contributed by atoms with Gasteiger partial charge in [-0.3, -0.25) is 9.69 Å². The molecule has 0 atom stereocenters. The summed E-state index contributed by atoms with van der Waals surface area (Å²) in [5, 5.41) is 4.71. The molecule has 0 bridgehead atoms. The zero-order valence-electron chi connectivity index (χ0n) is 19.3. The van der Waals surface area contributed by atoms with Crippen LogP contribution in [0.25, 0.3) is 5.69 Å². The summed E-state index contributed by atoms with van der Waals surface area (Å²) in [5.41, 5.74) is 1.77. The Labute approximate surface area is 195 Å². The molecule has 1 aliphatic rings. The van der Waals surface area contributed by atoms with Crippen molar-refractivity contribution in [3.8, 4) is 5.69 Å². The van der Waals surface area contributed by atoms with Crippen molar-refractivity contribution in [2.45, 2.75) is 46.0 Å². The van der Waals surface area contributed by atoms with Gasteiger partial charge in [0.2, 0.25) is 5.91 Å². The van der Waals surface area contributed by atoms with Crippen LogP contribution in [0.3, 0.4) is 0 Å². The van der Waals surface area contributed by atoms with Crippen LogP contribution in [-0.4, -0.2) is 28.3 Å². The molecule has 1 heterocycles. The molecule has 0 radical (unpaired) electrons. The molecule has 172 valence electrons. The maximum absolute atomic E-state index is 13.7. The molecule has 1 amide bonds. The van der Waals surface area contributed by atoms with Crippen LogP contribution in [0.5, 0.6) is 0 Å². The molecule has 2 aromatic carbocycles. The number of hydrogen-bond acceptors (Lipinski definition) is 4. The maximum atomic E-state index is 13.7. The highest BCUT2D eigenvalue weighted by Crippen LogP contribution is 2.34. The maximum Gasteiger partial charge on any atom is 0.343 e. The van der Waals surface area contributed by atoms with Crippen LogP contribution in [0.1, 0.15) is 56.3 Å². The highest BCUT2D eigenvalue weighted by molar-refractivity contribution is 6.05. The van der Waals surface area contributed by atoms with Gasteiger partial charge in [-0.05, 0) is 55.9 Å². The summed E-state index contributed by atoms with van der Waals surface area (Å²) in [6.07, 6.45) is 6.49. The van der Waals surface area contributed by atoms with Crippen molar-refractivity contribution >= 4 is 23.4 Å². The quantitative estimate of drug-likeness (QED) is 0.423. The van der Waals surface area contributed by atoms with Crippen LogP contribution >= 0.6 is 0 Å². The SMILES string of the molecule is CCOC(=O)c1cn(-c2ccccc2)nc1N(C(=O)CC1CCC(C)CC1)c1ccccc1. The average molecular weight is 446 g/mol. The van der Waals surface area contributed by atoms with E-state index >= 15 is 0 Å². The fraction of sp³-hybridized carbons (Fsp3) is 0.370. The van der Waals surface area contributed by atoms with Gasteiger partial charge in [-0.1, -0.05) is 56.2 Å². The van der Waals surface area contributed by atoms with E-state index in [2.05, 4.69) is 6.92 Å². The zero-order valence-corrected chi connectivity index (χ0v) is 19.3. The van der Waals surface area contributed by atoms with E-state index in [0.29, 0.717) is 23.8 Å². The molecule has 0 N–H and O–H groups in total. The Morgan fingerprint density at radius 2 is 1.64 bits per heavy atom. The van der Waals surface area contributed by atoms with E-state index in [0.717, 1.165) is 37.3 Å². The minimum Gasteiger partial charge on any atom is -0.462 e. The Morgan fingerprint density at radius 3 is 2.27 bits per heavy atom. The molecule has 33 heavy (non-hydrogen) atoms. The number of nitrogens with zero attached hydrogens (tertiary/aromatic N) is 3. The lowest BCUT2D eigenvalue weighted by Gasteiger charge is -2.28. The number of benzene rings is 2. The summed E-state index contributed by atoms with van der Waals surface area (Å²) < 4.78 is 6.95. The molecule has 6 nitrogen and oxygen atoms in total. The molecule has 4 rings (SSSR count). The Kier molecular flexibility index (Phi) is 7.23. The van der Waals surface area contributed by atoms with Crippen molar-refractivity contribution in [1.29, 1.82) is 0 Å². The number of carbonyl (C=O) groups is 2. The molecule has 0 aliphatic heterocycles. The van der Waals surface area contributed by atoms with E-state index in [9.17, 15) is 9.59 Å². The van der Waals surface area contributed by atoms with Gasteiger partial charge >= 0.3 is 5.97 Å². The van der Waals surface area contributed by atoms with E-state index in [-0.39, 0.29) is 18.1 Å². The van der Waals surface area contributed by atoms with Crippen LogP contribution in [-0.2, 0) is 9.53 Å². The first-order valence-electron chi connectivity index (χ1n) is 11.8. The van der Waals surface area contributed by atoms with Gasteiger partial charge in [-0.2, -0.15) is 0 Å². The predicted octanol–water partition coefficient (Wildman–Crippen LogP) is 5.93. The normalized spacial score (nSPS) is 18.0. The summed E-state index contributed by atoms with van der Waals surface area (Å²) in [4.78, 5) is 28.2. The van der Waals surface area contributed by atoms with Gasteiger partial charge in [0.05, 0.1) is 18.0 Å². The van der Waals surface area contributed by atoms with E-state index < -0.39 is 5.97 Å². The molecule has 6 heteroatoms. The number of amides is 1. The molecule has 0 unspecified atom stereocenters. The van der Waals surface area contributed by atoms with E-state index in [1.165, 1.54) is 0 Å². The van der Waals surface area contributed by atoms with Gasteiger partial charge < -0.3 is 4.74 Å². The molecule has 1 saturated carbocycles. The number of para-hydroxylation sites is 2. The standard InChI is InChI=1S/C27H31N3O3/c1-3-33-27(32)24-19-29(22-10-6-4-7-11-22)28-26(24)30(23-12-8-5-9-13-23)25(31)18-21-16-14-20(2)15-17-21/h4-13,19-21H,3,14-18H2,1-2H3. The summed E-state index contributed by atoms with van der Waals surface area (Å²) in [7, 11) is 0. The van der Waals surface area contributed by atoms with E-state index in [1.54, 1.807) is 22.7 Å². The van der Waals surface area contributed by atoms with Gasteiger partial charge in [0, 0.05) is 12.6 Å². The smallest absolute Gasteiger partial charge is 0.343 e. The second kappa shape index (κ2) is 10.5. The van der Waals surface area contributed by atoms with Gasteiger partial charge in [0.1, 0.15) is 5.56 Å². The summed E-state index contributed by atoms with van der Waals surface area (Å²) in [5.74, 6) is 0.831. The van der Waals surface area contributed by atoms with Crippen LogP contribution < -0.4 is 4.90 Å². The number of hydrogen-bond donors (Lipinski definition) is 0. The molecule has 1 fully saturated rings. The Hall–Kier alpha value is -3.41. The van der Waals surface area contributed by atoms with Crippen LogP contribution in [0.2, 0.25) is 0 Å². The first kappa shape index (κ1) is 22.8. The summed E-state index contributed by atoms with van der Waals surface area (Å²) in [6, 6.07) is 19.0. The van der Waals surface area contributed by atoms with Gasteiger partial charge in [0.25, 0.3) is 0 Å². The number of ether oxygens (including phenoxy) is 1. The fourth-order valence-electron chi connectivity index (χ4n) is 4.43.